The molecule has 0 heterocycles. The zero-order valence-corrected chi connectivity index (χ0v) is 11.7. The molecule has 0 spiro atoms. The molecule has 0 saturated carbocycles. The number of ether oxygens (including phenoxy) is 1. The molecule has 2 atom stereocenters. The second-order valence-electron chi connectivity index (χ2n) is 4.68. The molecule has 0 amide bonds. The van der Waals surface area contributed by atoms with Gasteiger partial charge >= 0.3 is 0 Å². The predicted octanol–water partition coefficient (Wildman–Crippen LogP) is 3.44. The minimum absolute atomic E-state index is 0.0958. The van der Waals surface area contributed by atoms with Gasteiger partial charge in [0, 0.05) is 13.0 Å². The maximum Gasteiger partial charge on any atom is 0.142 e. The number of benzene rings is 1. The van der Waals surface area contributed by atoms with Crippen LogP contribution in [0.1, 0.15) is 26.3 Å². The Bertz CT molecular complexity index is 382. The molecule has 1 rings (SSSR count). The molecule has 0 aliphatic carbocycles. The first-order chi connectivity index (χ1) is 8.45. The van der Waals surface area contributed by atoms with Gasteiger partial charge in [-0.2, -0.15) is 0 Å². The van der Waals surface area contributed by atoms with Crippen LogP contribution in [0.4, 0.5) is 4.39 Å². The van der Waals surface area contributed by atoms with Crippen molar-refractivity contribution in [3.63, 3.8) is 0 Å². The number of aliphatic hydroxyl groups is 1. The van der Waals surface area contributed by atoms with E-state index in [0.29, 0.717) is 13.0 Å². The van der Waals surface area contributed by atoms with Crippen LogP contribution >= 0.6 is 11.6 Å². The first kappa shape index (κ1) is 15.4. The van der Waals surface area contributed by atoms with E-state index in [1.54, 1.807) is 6.07 Å². The molecule has 0 saturated heterocycles. The summed E-state index contributed by atoms with van der Waals surface area (Å²) < 4.78 is 18.8. The Balaban J connectivity index is 2.72. The van der Waals surface area contributed by atoms with Crippen LogP contribution in [0.3, 0.4) is 0 Å². The molecule has 18 heavy (non-hydrogen) atoms. The topological polar surface area (TPSA) is 29.5 Å². The predicted molar refractivity (Wildman–Crippen MR) is 71.4 cm³/mol. The highest BCUT2D eigenvalue weighted by atomic mass is 35.5. The Labute approximate surface area is 113 Å². The third-order valence-electron chi connectivity index (χ3n) is 2.82. The van der Waals surface area contributed by atoms with Crippen LogP contribution in [-0.4, -0.2) is 23.9 Å². The van der Waals surface area contributed by atoms with Crippen LogP contribution in [0.2, 0.25) is 5.02 Å². The van der Waals surface area contributed by atoms with Crippen molar-refractivity contribution >= 4 is 11.6 Å². The first-order valence-corrected chi connectivity index (χ1v) is 6.57. The van der Waals surface area contributed by atoms with Gasteiger partial charge in [0.15, 0.2) is 0 Å². The fraction of sp³-hybridized carbons (Fsp3) is 0.571. The first-order valence-electron chi connectivity index (χ1n) is 6.19. The van der Waals surface area contributed by atoms with Crippen LogP contribution < -0.4 is 0 Å². The van der Waals surface area contributed by atoms with Crippen molar-refractivity contribution in [1.82, 2.24) is 0 Å². The molecule has 102 valence electrons. The van der Waals surface area contributed by atoms with E-state index in [1.807, 2.05) is 20.8 Å². The van der Waals surface area contributed by atoms with Crippen LogP contribution in [0, 0.1) is 11.7 Å². The quantitative estimate of drug-likeness (QED) is 0.861. The molecule has 0 fully saturated rings. The van der Waals surface area contributed by atoms with Crippen molar-refractivity contribution in [2.75, 3.05) is 6.61 Å². The van der Waals surface area contributed by atoms with Gasteiger partial charge in [-0.05, 0) is 30.5 Å². The number of hydrogen-bond acceptors (Lipinski definition) is 2. The van der Waals surface area contributed by atoms with E-state index in [2.05, 4.69) is 0 Å². The van der Waals surface area contributed by atoms with Crippen LogP contribution in [-0.2, 0) is 11.2 Å². The summed E-state index contributed by atoms with van der Waals surface area (Å²) in [4.78, 5) is 0. The van der Waals surface area contributed by atoms with Crippen molar-refractivity contribution in [3.8, 4) is 0 Å². The van der Waals surface area contributed by atoms with Crippen molar-refractivity contribution in [3.05, 3.63) is 34.6 Å². The van der Waals surface area contributed by atoms with E-state index in [9.17, 15) is 9.50 Å². The standard InChI is InChI=1S/C14H20ClFO2/c1-4-18-14(9(2)3)13(17)8-10-5-6-11(15)12(16)7-10/h5-7,9,13-14,17H,4,8H2,1-3H3. The van der Waals surface area contributed by atoms with Gasteiger partial charge in [0.1, 0.15) is 5.82 Å². The molecule has 2 nitrogen and oxygen atoms in total. The number of hydrogen-bond donors (Lipinski definition) is 1. The lowest BCUT2D eigenvalue weighted by molar-refractivity contribution is -0.0562. The highest BCUT2D eigenvalue weighted by molar-refractivity contribution is 6.30. The van der Waals surface area contributed by atoms with E-state index in [1.165, 1.54) is 12.1 Å². The van der Waals surface area contributed by atoms with Gasteiger partial charge in [-0.3, -0.25) is 0 Å². The fourth-order valence-corrected chi connectivity index (χ4v) is 2.08. The minimum Gasteiger partial charge on any atom is -0.390 e. The third kappa shape index (κ3) is 4.23. The summed E-state index contributed by atoms with van der Waals surface area (Å²) in [5.74, 6) is -0.254. The maximum atomic E-state index is 13.3. The molecule has 0 aromatic heterocycles. The number of rotatable bonds is 6. The summed E-state index contributed by atoms with van der Waals surface area (Å²) in [5.41, 5.74) is 0.717. The SMILES string of the molecule is CCOC(C(C)C)C(O)Cc1ccc(Cl)c(F)c1. The summed E-state index contributed by atoms with van der Waals surface area (Å²) in [5, 5.41) is 10.2. The summed E-state index contributed by atoms with van der Waals surface area (Å²) in [6, 6.07) is 4.58. The van der Waals surface area contributed by atoms with Gasteiger partial charge in [0.25, 0.3) is 0 Å². The molecule has 0 aliphatic heterocycles. The molecule has 2 unspecified atom stereocenters. The molecule has 1 aromatic rings. The largest absolute Gasteiger partial charge is 0.390 e. The average Bonchev–Trinajstić information content (AvgIpc) is 2.30. The van der Waals surface area contributed by atoms with Gasteiger partial charge in [0.05, 0.1) is 17.2 Å². The van der Waals surface area contributed by atoms with Gasteiger partial charge < -0.3 is 9.84 Å². The third-order valence-corrected chi connectivity index (χ3v) is 3.13. The Morgan fingerprint density at radius 1 is 1.39 bits per heavy atom. The second-order valence-corrected chi connectivity index (χ2v) is 5.09. The normalized spacial score (nSPS) is 14.8. The molecule has 0 aliphatic rings. The van der Waals surface area contributed by atoms with E-state index >= 15 is 0 Å². The Morgan fingerprint density at radius 2 is 2.06 bits per heavy atom. The smallest absolute Gasteiger partial charge is 0.142 e. The Kier molecular flexibility index (Phi) is 6.06. The van der Waals surface area contributed by atoms with Gasteiger partial charge in [-0.1, -0.05) is 31.5 Å². The lowest BCUT2D eigenvalue weighted by Gasteiger charge is -2.26. The van der Waals surface area contributed by atoms with Crippen LogP contribution in [0.15, 0.2) is 18.2 Å². The highest BCUT2D eigenvalue weighted by Gasteiger charge is 2.23. The van der Waals surface area contributed by atoms with Gasteiger partial charge in [-0.15, -0.1) is 0 Å². The summed E-state index contributed by atoms with van der Waals surface area (Å²) in [6.07, 6.45) is -0.531. The molecule has 1 aromatic carbocycles. The van der Waals surface area contributed by atoms with Crippen molar-refractivity contribution in [2.24, 2.45) is 5.92 Å². The van der Waals surface area contributed by atoms with Crippen LogP contribution in [0.5, 0.6) is 0 Å². The van der Waals surface area contributed by atoms with Gasteiger partial charge in [-0.25, -0.2) is 4.39 Å². The molecule has 0 radical (unpaired) electrons. The lowest BCUT2D eigenvalue weighted by Crippen LogP contribution is -2.35. The summed E-state index contributed by atoms with van der Waals surface area (Å²) in [6.45, 7) is 6.43. The molecule has 4 heteroatoms. The molecular formula is C14H20ClFO2. The van der Waals surface area contributed by atoms with Gasteiger partial charge in [0.2, 0.25) is 0 Å². The number of aliphatic hydroxyl groups excluding tert-OH is 1. The van der Waals surface area contributed by atoms with Crippen molar-refractivity contribution < 1.29 is 14.2 Å². The summed E-state index contributed by atoms with van der Waals surface area (Å²) in [7, 11) is 0. The Hall–Kier alpha value is -0.640. The monoisotopic (exact) mass is 274 g/mol. The summed E-state index contributed by atoms with van der Waals surface area (Å²) >= 11 is 5.62. The average molecular weight is 275 g/mol. The van der Waals surface area contributed by atoms with Crippen molar-refractivity contribution in [2.45, 2.75) is 39.4 Å². The molecule has 1 N–H and O–H groups in total. The van der Waals surface area contributed by atoms with Crippen LogP contribution in [0.25, 0.3) is 0 Å². The molecular weight excluding hydrogens is 255 g/mol. The van der Waals surface area contributed by atoms with E-state index in [4.69, 9.17) is 16.3 Å². The second kappa shape index (κ2) is 7.07. The fourth-order valence-electron chi connectivity index (χ4n) is 1.96. The van der Waals surface area contributed by atoms with Crippen molar-refractivity contribution in [1.29, 1.82) is 0 Å². The van der Waals surface area contributed by atoms with E-state index in [-0.39, 0.29) is 17.0 Å². The number of halogens is 2. The highest BCUT2D eigenvalue weighted by Crippen LogP contribution is 2.19. The lowest BCUT2D eigenvalue weighted by atomic mass is 9.96. The zero-order chi connectivity index (χ0) is 13.7. The van der Waals surface area contributed by atoms with E-state index in [0.717, 1.165) is 5.56 Å². The Morgan fingerprint density at radius 3 is 2.56 bits per heavy atom. The van der Waals surface area contributed by atoms with E-state index < -0.39 is 11.9 Å². The zero-order valence-electron chi connectivity index (χ0n) is 11.0. The minimum atomic E-state index is -0.648. The maximum absolute atomic E-state index is 13.3. The molecule has 0 bridgehead atoms.